The van der Waals surface area contributed by atoms with Crippen LogP contribution >= 0.6 is 0 Å². The van der Waals surface area contributed by atoms with E-state index >= 15 is 0 Å². The van der Waals surface area contributed by atoms with E-state index in [2.05, 4.69) is 43.2 Å². The zero-order chi connectivity index (χ0) is 14.2. The molecule has 0 saturated heterocycles. The van der Waals surface area contributed by atoms with Crippen molar-refractivity contribution in [1.82, 2.24) is 4.98 Å². The van der Waals surface area contributed by atoms with Crippen molar-refractivity contribution in [2.45, 2.75) is 34.6 Å². The Hall–Kier alpha value is -2.03. The molecule has 0 fully saturated rings. The number of hydrogen-bond donors (Lipinski definition) is 2. The van der Waals surface area contributed by atoms with Crippen molar-refractivity contribution in [2.24, 2.45) is 0 Å². The number of H-pyrrole nitrogens is 1. The fourth-order valence-corrected chi connectivity index (χ4v) is 2.31. The van der Waals surface area contributed by atoms with E-state index in [4.69, 9.17) is 0 Å². The Bertz CT molecular complexity index is 678. The van der Waals surface area contributed by atoms with E-state index in [9.17, 15) is 4.79 Å². The smallest absolute Gasteiger partial charge is 0.154 e. The number of anilines is 1. The quantitative estimate of drug-likeness (QED) is 0.815. The van der Waals surface area contributed by atoms with Crippen molar-refractivity contribution in [1.29, 1.82) is 0 Å². The summed E-state index contributed by atoms with van der Waals surface area (Å²) in [6.45, 7) is 9.74. The molecule has 3 heteroatoms. The Morgan fingerprint density at radius 1 is 1.21 bits per heavy atom. The first-order valence-electron chi connectivity index (χ1n) is 6.44. The van der Waals surface area contributed by atoms with Gasteiger partial charge in [-0.25, -0.2) is 0 Å². The molecule has 0 amide bonds. The van der Waals surface area contributed by atoms with Crippen LogP contribution in [0.3, 0.4) is 0 Å². The lowest BCUT2D eigenvalue weighted by atomic mass is 10.1. The maximum absolute atomic E-state index is 11.1. The summed E-state index contributed by atoms with van der Waals surface area (Å²) in [6.07, 6.45) is 1.61. The summed E-state index contributed by atoms with van der Waals surface area (Å²) in [5.74, 6) is 0.0512. The van der Waals surface area contributed by atoms with E-state index in [0.717, 1.165) is 16.9 Å². The van der Waals surface area contributed by atoms with Crippen LogP contribution in [0, 0.1) is 20.8 Å². The Kier molecular flexibility index (Phi) is 3.47. The maximum Gasteiger partial charge on any atom is 0.154 e. The van der Waals surface area contributed by atoms with E-state index in [-0.39, 0.29) is 5.78 Å². The molecule has 2 aromatic rings. The minimum atomic E-state index is 0.0512. The normalized spacial score (nSPS) is 11.9. The number of ketones is 1. The number of aromatic nitrogens is 1. The zero-order valence-corrected chi connectivity index (χ0v) is 12.1. The number of rotatable bonds is 3. The number of allylic oxidation sites excluding steroid dienone is 2. The van der Waals surface area contributed by atoms with Gasteiger partial charge in [-0.3, -0.25) is 4.79 Å². The Morgan fingerprint density at radius 3 is 2.53 bits per heavy atom. The summed E-state index contributed by atoms with van der Waals surface area (Å²) in [5, 5.41) is 4.54. The van der Waals surface area contributed by atoms with Gasteiger partial charge in [0, 0.05) is 28.0 Å². The largest absolute Gasteiger partial charge is 0.359 e. The highest BCUT2D eigenvalue weighted by atomic mass is 16.1. The van der Waals surface area contributed by atoms with E-state index in [0.29, 0.717) is 0 Å². The van der Waals surface area contributed by atoms with Crippen molar-refractivity contribution >= 4 is 22.4 Å². The first kappa shape index (κ1) is 13.4. The predicted octanol–water partition coefficient (Wildman–Crippen LogP) is 4.00. The maximum atomic E-state index is 11.1. The molecule has 3 nitrogen and oxygen atoms in total. The molecule has 0 aliphatic heterocycles. The van der Waals surface area contributed by atoms with Crippen LogP contribution in [0.2, 0.25) is 0 Å². The number of hydrogen-bond acceptors (Lipinski definition) is 2. The SMILES string of the molecule is CC(=O)/C=C(/C)Nc1cc2[nH]c(C)c(C)c2cc1C. The lowest BCUT2D eigenvalue weighted by Crippen LogP contribution is -2.00. The van der Waals surface area contributed by atoms with Crippen molar-refractivity contribution in [3.63, 3.8) is 0 Å². The molecule has 0 bridgehead atoms. The van der Waals surface area contributed by atoms with Gasteiger partial charge in [-0.2, -0.15) is 0 Å². The third kappa shape index (κ3) is 2.70. The number of nitrogens with one attached hydrogen (secondary N) is 2. The summed E-state index contributed by atoms with van der Waals surface area (Å²) in [4.78, 5) is 14.4. The van der Waals surface area contributed by atoms with E-state index < -0.39 is 0 Å². The van der Waals surface area contributed by atoms with Gasteiger partial charge in [0.1, 0.15) is 0 Å². The second kappa shape index (κ2) is 4.92. The number of benzene rings is 1. The Balaban J connectivity index is 2.45. The Morgan fingerprint density at radius 2 is 1.89 bits per heavy atom. The van der Waals surface area contributed by atoms with Crippen molar-refractivity contribution in [2.75, 3.05) is 5.32 Å². The van der Waals surface area contributed by atoms with Gasteiger partial charge >= 0.3 is 0 Å². The molecule has 2 N–H and O–H groups in total. The van der Waals surface area contributed by atoms with Crippen molar-refractivity contribution < 1.29 is 4.79 Å². The van der Waals surface area contributed by atoms with Crippen molar-refractivity contribution in [3.8, 4) is 0 Å². The van der Waals surface area contributed by atoms with Gasteiger partial charge in [-0.15, -0.1) is 0 Å². The third-order valence-corrected chi connectivity index (χ3v) is 3.40. The van der Waals surface area contributed by atoms with Gasteiger partial charge in [-0.1, -0.05) is 0 Å². The average molecular weight is 256 g/mol. The number of fused-ring (bicyclic) bond motifs is 1. The molecule has 1 aromatic heterocycles. The minimum Gasteiger partial charge on any atom is -0.359 e. The third-order valence-electron chi connectivity index (χ3n) is 3.40. The van der Waals surface area contributed by atoms with Crippen LogP contribution in [-0.4, -0.2) is 10.8 Å². The zero-order valence-electron chi connectivity index (χ0n) is 12.1. The van der Waals surface area contributed by atoms with Crippen LogP contribution in [0.25, 0.3) is 10.9 Å². The molecule has 100 valence electrons. The number of carbonyl (C=O) groups is 1. The molecule has 0 saturated carbocycles. The first-order chi connectivity index (χ1) is 8.88. The average Bonchev–Trinajstić information content (AvgIpc) is 2.55. The highest BCUT2D eigenvalue weighted by Crippen LogP contribution is 2.28. The molecule has 1 aromatic carbocycles. The molecule has 0 aliphatic rings. The molecular weight excluding hydrogens is 236 g/mol. The molecule has 0 aliphatic carbocycles. The molecule has 0 spiro atoms. The highest BCUT2D eigenvalue weighted by molar-refractivity contribution is 5.90. The number of aromatic amines is 1. The second-order valence-electron chi connectivity index (χ2n) is 5.15. The van der Waals surface area contributed by atoms with Crippen LogP contribution in [0.15, 0.2) is 23.9 Å². The van der Waals surface area contributed by atoms with Crippen LogP contribution in [-0.2, 0) is 4.79 Å². The molecule has 0 atom stereocenters. The topological polar surface area (TPSA) is 44.9 Å². The second-order valence-corrected chi connectivity index (χ2v) is 5.15. The summed E-state index contributed by atoms with van der Waals surface area (Å²) in [7, 11) is 0. The van der Waals surface area contributed by atoms with Gasteiger partial charge < -0.3 is 10.3 Å². The standard InChI is InChI=1S/C16H20N2O/c1-9-6-14-12(4)13(5)18-16(14)8-15(9)17-10(2)7-11(3)19/h6-8,17-18H,1-5H3/b10-7-. The summed E-state index contributed by atoms with van der Waals surface area (Å²) in [5.41, 5.74) is 6.67. The summed E-state index contributed by atoms with van der Waals surface area (Å²) in [6, 6.07) is 4.28. The van der Waals surface area contributed by atoms with Gasteiger partial charge in [0.2, 0.25) is 0 Å². The van der Waals surface area contributed by atoms with E-state index in [1.165, 1.54) is 22.2 Å². The molecule has 19 heavy (non-hydrogen) atoms. The molecule has 2 rings (SSSR count). The monoisotopic (exact) mass is 256 g/mol. The van der Waals surface area contributed by atoms with Crippen molar-refractivity contribution in [3.05, 3.63) is 40.7 Å². The lowest BCUT2D eigenvalue weighted by molar-refractivity contribution is -0.112. The minimum absolute atomic E-state index is 0.0512. The van der Waals surface area contributed by atoms with Gasteiger partial charge in [0.15, 0.2) is 5.78 Å². The Labute approximate surface area is 113 Å². The number of aryl methyl sites for hydroxylation is 3. The summed E-state index contributed by atoms with van der Waals surface area (Å²) < 4.78 is 0. The van der Waals surface area contributed by atoms with E-state index in [1.54, 1.807) is 13.0 Å². The van der Waals surface area contributed by atoms with E-state index in [1.807, 2.05) is 6.92 Å². The first-order valence-corrected chi connectivity index (χ1v) is 6.44. The van der Waals surface area contributed by atoms with Gasteiger partial charge in [-0.05, 0) is 64.0 Å². The van der Waals surface area contributed by atoms with Crippen LogP contribution < -0.4 is 5.32 Å². The fraction of sp³-hybridized carbons (Fsp3) is 0.312. The van der Waals surface area contributed by atoms with Gasteiger partial charge in [0.05, 0.1) is 0 Å². The number of carbonyl (C=O) groups excluding carboxylic acids is 1. The lowest BCUT2D eigenvalue weighted by Gasteiger charge is -2.10. The molecule has 0 unspecified atom stereocenters. The molecular formula is C16H20N2O. The van der Waals surface area contributed by atoms with Crippen LogP contribution in [0.5, 0.6) is 0 Å². The van der Waals surface area contributed by atoms with Gasteiger partial charge in [0.25, 0.3) is 0 Å². The fourth-order valence-electron chi connectivity index (χ4n) is 2.31. The van der Waals surface area contributed by atoms with Crippen LogP contribution in [0.1, 0.15) is 30.7 Å². The predicted molar refractivity (Wildman–Crippen MR) is 80.6 cm³/mol. The van der Waals surface area contributed by atoms with Crippen LogP contribution in [0.4, 0.5) is 5.69 Å². The molecule has 1 heterocycles. The highest BCUT2D eigenvalue weighted by Gasteiger charge is 2.08. The summed E-state index contributed by atoms with van der Waals surface area (Å²) >= 11 is 0. The molecule has 0 radical (unpaired) electrons.